The SMILES string of the molecule is CCCCOc1ccc(C2/C(=C(\O)c3ccc4c(c3)CC(C)O4)C(=O)C(=O)N2Cc2ccco2)cc1OCC. The fourth-order valence-corrected chi connectivity index (χ4v) is 5.09. The van der Waals surface area contributed by atoms with Crippen LogP contribution in [0.15, 0.2) is 64.8 Å². The van der Waals surface area contributed by atoms with E-state index in [1.54, 1.807) is 42.5 Å². The number of unbranched alkanes of at least 4 members (excludes halogenated alkanes) is 1. The van der Waals surface area contributed by atoms with Crippen molar-refractivity contribution in [2.75, 3.05) is 13.2 Å². The highest BCUT2D eigenvalue weighted by molar-refractivity contribution is 6.46. The standard InChI is InChI=1S/C31H33NO7/c1-4-6-13-38-25-12-9-20(17-26(25)36-5-2)28-27(30(34)31(35)32(28)18-23-8-7-14-37-23)29(33)21-10-11-24-22(16-21)15-19(3)39-24/h7-12,14,16-17,19,28,33H,4-6,13,15,18H2,1-3H3/b29-27+. The monoisotopic (exact) mass is 531 g/mol. The van der Waals surface area contributed by atoms with Crippen molar-refractivity contribution in [1.29, 1.82) is 0 Å². The van der Waals surface area contributed by atoms with Gasteiger partial charge in [0.25, 0.3) is 11.7 Å². The summed E-state index contributed by atoms with van der Waals surface area (Å²) in [5.74, 6) is 0.684. The second kappa shape index (κ2) is 11.3. The molecule has 0 aliphatic carbocycles. The molecule has 8 heteroatoms. The molecule has 5 rings (SSSR count). The van der Waals surface area contributed by atoms with Crippen LogP contribution in [0.1, 0.15) is 62.1 Å². The summed E-state index contributed by atoms with van der Waals surface area (Å²) >= 11 is 0. The van der Waals surface area contributed by atoms with Crippen LogP contribution in [0.4, 0.5) is 0 Å². The molecule has 3 heterocycles. The highest BCUT2D eigenvalue weighted by Gasteiger charge is 2.46. The Labute approximate surface area is 227 Å². The zero-order valence-corrected chi connectivity index (χ0v) is 22.4. The van der Waals surface area contributed by atoms with Crippen molar-refractivity contribution < 1.29 is 33.3 Å². The van der Waals surface area contributed by atoms with Gasteiger partial charge >= 0.3 is 0 Å². The number of hydrogen-bond acceptors (Lipinski definition) is 7. The highest BCUT2D eigenvalue weighted by Crippen LogP contribution is 2.43. The van der Waals surface area contributed by atoms with Gasteiger partial charge in [-0.2, -0.15) is 0 Å². The predicted octanol–water partition coefficient (Wildman–Crippen LogP) is 5.80. The molecule has 0 radical (unpaired) electrons. The summed E-state index contributed by atoms with van der Waals surface area (Å²) in [5.41, 5.74) is 2.03. The number of ether oxygens (including phenoxy) is 3. The minimum absolute atomic E-state index is 0.0144. The first kappa shape index (κ1) is 26.4. The Morgan fingerprint density at radius 1 is 1.08 bits per heavy atom. The van der Waals surface area contributed by atoms with Crippen LogP contribution in [0.5, 0.6) is 17.2 Å². The molecule has 2 aliphatic rings. The van der Waals surface area contributed by atoms with Gasteiger partial charge in [0, 0.05) is 12.0 Å². The third-order valence-corrected chi connectivity index (χ3v) is 6.95. The van der Waals surface area contributed by atoms with Crippen molar-refractivity contribution in [3.05, 3.63) is 82.8 Å². The molecule has 8 nitrogen and oxygen atoms in total. The van der Waals surface area contributed by atoms with E-state index in [1.165, 1.54) is 11.2 Å². The molecule has 0 spiro atoms. The highest BCUT2D eigenvalue weighted by atomic mass is 16.5. The molecule has 1 fully saturated rings. The minimum Gasteiger partial charge on any atom is -0.507 e. The lowest BCUT2D eigenvalue weighted by Crippen LogP contribution is -2.29. The van der Waals surface area contributed by atoms with Gasteiger partial charge < -0.3 is 28.6 Å². The van der Waals surface area contributed by atoms with E-state index in [4.69, 9.17) is 18.6 Å². The Balaban J connectivity index is 1.60. The van der Waals surface area contributed by atoms with Gasteiger partial charge in [0.1, 0.15) is 23.4 Å². The number of Topliss-reactive ketones (excluding diaryl/α,β-unsaturated/α-hetero) is 1. The Morgan fingerprint density at radius 3 is 2.67 bits per heavy atom. The molecule has 204 valence electrons. The summed E-state index contributed by atoms with van der Waals surface area (Å²) in [6, 6.07) is 13.3. The largest absolute Gasteiger partial charge is 0.507 e. The number of aliphatic hydroxyl groups is 1. The zero-order valence-electron chi connectivity index (χ0n) is 22.4. The van der Waals surface area contributed by atoms with Crippen LogP contribution in [0.25, 0.3) is 5.76 Å². The van der Waals surface area contributed by atoms with Crippen LogP contribution < -0.4 is 14.2 Å². The minimum atomic E-state index is -0.859. The fourth-order valence-electron chi connectivity index (χ4n) is 5.09. The predicted molar refractivity (Wildman–Crippen MR) is 145 cm³/mol. The maximum absolute atomic E-state index is 13.5. The quantitative estimate of drug-likeness (QED) is 0.153. The number of benzene rings is 2. The maximum atomic E-state index is 13.5. The van der Waals surface area contributed by atoms with E-state index >= 15 is 0 Å². The lowest BCUT2D eigenvalue weighted by Gasteiger charge is -2.25. The molecular formula is C31H33NO7. The molecule has 1 saturated heterocycles. The number of ketones is 1. The van der Waals surface area contributed by atoms with Crippen LogP contribution in [0.3, 0.4) is 0 Å². The zero-order chi connectivity index (χ0) is 27.5. The van der Waals surface area contributed by atoms with Gasteiger partial charge in [0.15, 0.2) is 11.5 Å². The topological polar surface area (TPSA) is 98.4 Å². The van der Waals surface area contributed by atoms with Crippen molar-refractivity contribution in [1.82, 2.24) is 4.90 Å². The van der Waals surface area contributed by atoms with Crippen molar-refractivity contribution >= 4 is 17.4 Å². The van der Waals surface area contributed by atoms with Gasteiger partial charge in [-0.25, -0.2) is 0 Å². The summed E-state index contributed by atoms with van der Waals surface area (Å²) < 4.78 is 23.1. The van der Waals surface area contributed by atoms with Crippen LogP contribution >= 0.6 is 0 Å². The second-order valence-corrected chi connectivity index (χ2v) is 9.80. The summed E-state index contributed by atoms with van der Waals surface area (Å²) in [6.45, 7) is 6.97. The van der Waals surface area contributed by atoms with Crippen molar-refractivity contribution in [3.63, 3.8) is 0 Å². The van der Waals surface area contributed by atoms with Gasteiger partial charge in [-0.15, -0.1) is 0 Å². The van der Waals surface area contributed by atoms with Gasteiger partial charge in [-0.05, 0) is 73.9 Å². The normalized spacial score (nSPS) is 19.7. The molecule has 0 bridgehead atoms. The average Bonchev–Trinajstić information content (AvgIpc) is 3.63. The van der Waals surface area contributed by atoms with E-state index < -0.39 is 17.7 Å². The van der Waals surface area contributed by atoms with E-state index in [9.17, 15) is 14.7 Å². The first-order chi connectivity index (χ1) is 18.9. The Bertz CT molecular complexity index is 1390. The summed E-state index contributed by atoms with van der Waals surface area (Å²) in [5, 5.41) is 11.5. The van der Waals surface area contributed by atoms with Crippen molar-refractivity contribution in [2.24, 2.45) is 0 Å². The number of nitrogens with zero attached hydrogens (tertiary/aromatic N) is 1. The smallest absolute Gasteiger partial charge is 0.296 e. The number of rotatable bonds is 10. The summed E-state index contributed by atoms with van der Waals surface area (Å²) in [7, 11) is 0. The summed E-state index contributed by atoms with van der Waals surface area (Å²) in [4.78, 5) is 28.2. The van der Waals surface area contributed by atoms with E-state index in [-0.39, 0.29) is 24.0 Å². The number of furan rings is 1. The van der Waals surface area contributed by atoms with Gasteiger partial charge in [0.2, 0.25) is 0 Å². The van der Waals surface area contributed by atoms with Crippen LogP contribution in [0, 0.1) is 0 Å². The first-order valence-electron chi connectivity index (χ1n) is 13.4. The molecule has 1 N–H and O–H groups in total. The number of hydrogen-bond donors (Lipinski definition) is 1. The average molecular weight is 532 g/mol. The van der Waals surface area contributed by atoms with Crippen LogP contribution in [0.2, 0.25) is 0 Å². The van der Waals surface area contributed by atoms with Crippen LogP contribution in [-0.4, -0.2) is 41.0 Å². The molecule has 2 aliphatic heterocycles. The molecule has 39 heavy (non-hydrogen) atoms. The number of carbonyl (C=O) groups is 2. The van der Waals surface area contributed by atoms with E-state index in [1.807, 2.05) is 19.9 Å². The molecule has 2 aromatic carbocycles. The van der Waals surface area contributed by atoms with Gasteiger partial charge in [-0.3, -0.25) is 9.59 Å². The lowest BCUT2D eigenvalue weighted by atomic mass is 9.94. The number of likely N-dealkylation sites (tertiary alicyclic amines) is 1. The molecule has 2 unspecified atom stereocenters. The maximum Gasteiger partial charge on any atom is 0.296 e. The number of aliphatic hydroxyl groups excluding tert-OH is 1. The van der Waals surface area contributed by atoms with Crippen molar-refractivity contribution in [3.8, 4) is 17.2 Å². The van der Waals surface area contributed by atoms with E-state index in [0.717, 1.165) is 24.2 Å². The van der Waals surface area contributed by atoms with Gasteiger partial charge in [0.05, 0.1) is 37.6 Å². The molecular weight excluding hydrogens is 498 g/mol. The van der Waals surface area contributed by atoms with Crippen molar-refractivity contribution in [2.45, 2.75) is 58.7 Å². The lowest BCUT2D eigenvalue weighted by molar-refractivity contribution is -0.140. The Morgan fingerprint density at radius 2 is 1.92 bits per heavy atom. The molecule has 1 aromatic heterocycles. The number of fused-ring (bicyclic) bond motifs is 1. The van der Waals surface area contributed by atoms with Gasteiger partial charge in [-0.1, -0.05) is 19.4 Å². The first-order valence-corrected chi connectivity index (χ1v) is 13.4. The third kappa shape index (κ3) is 5.24. The Hall–Kier alpha value is -4.20. The third-order valence-electron chi connectivity index (χ3n) is 6.95. The molecule has 1 amide bonds. The van der Waals surface area contributed by atoms with E-state index in [0.29, 0.717) is 48.0 Å². The van der Waals surface area contributed by atoms with E-state index in [2.05, 4.69) is 6.92 Å². The molecule has 0 saturated carbocycles. The Kier molecular flexibility index (Phi) is 7.63. The molecule has 2 atom stereocenters. The second-order valence-electron chi connectivity index (χ2n) is 9.80. The summed E-state index contributed by atoms with van der Waals surface area (Å²) in [6.07, 6.45) is 4.15. The molecule has 3 aromatic rings. The number of amides is 1. The fraction of sp³-hybridized carbons (Fsp3) is 0.355. The van der Waals surface area contributed by atoms with Crippen LogP contribution in [-0.2, 0) is 22.6 Å². The number of carbonyl (C=O) groups excluding carboxylic acids is 2.